The smallest absolute Gasteiger partial charge is 0.251 e. The lowest BCUT2D eigenvalue weighted by atomic mass is 10.1. The van der Waals surface area contributed by atoms with Gasteiger partial charge in [0.05, 0.1) is 0 Å². The molecule has 104 valence electrons. The molecule has 4 nitrogen and oxygen atoms in total. The number of carbonyl (C=O) groups is 1. The van der Waals surface area contributed by atoms with Crippen molar-refractivity contribution in [2.75, 3.05) is 18.4 Å². The van der Waals surface area contributed by atoms with Gasteiger partial charge in [-0.25, -0.2) is 0 Å². The Hall–Kier alpha value is -1.55. The zero-order valence-electron chi connectivity index (χ0n) is 11.7. The summed E-state index contributed by atoms with van der Waals surface area (Å²) in [5.41, 5.74) is 1.79. The lowest BCUT2D eigenvalue weighted by molar-refractivity contribution is 0.0943. The molecule has 1 fully saturated rings. The molecule has 0 saturated carbocycles. The van der Waals surface area contributed by atoms with Gasteiger partial charge in [-0.05, 0) is 57.5 Å². The van der Waals surface area contributed by atoms with Crippen molar-refractivity contribution in [1.82, 2.24) is 10.6 Å². The van der Waals surface area contributed by atoms with E-state index in [1.165, 1.54) is 12.8 Å². The zero-order chi connectivity index (χ0) is 13.7. The van der Waals surface area contributed by atoms with Crippen molar-refractivity contribution < 1.29 is 4.79 Å². The predicted octanol–water partition coefficient (Wildman–Crippen LogP) is 1.99. The maximum atomic E-state index is 11.8. The molecule has 0 bridgehead atoms. The lowest BCUT2D eigenvalue weighted by Gasteiger charge is -2.24. The van der Waals surface area contributed by atoms with Crippen LogP contribution < -0.4 is 16.0 Å². The first kappa shape index (κ1) is 13.9. The van der Waals surface area contributed by atoms with Crippen LogP contribution in [-0.4, -0.2) is 31.1 Å². The lowest BCUT2D eigenvalue weighted by Crippen LogP contribution is -2.38. The largest absolute Gasteiger partial charge is 0.381 e. The minimum Gasteiger partial charge on any atom is -0.381 e. The quantitative estimate of drug-likeness (QED) is 0.777. The molecule has 3 N–H and O–H groups in total. The number of hydrogen-bond acceptors (Lipinski definition) is 3. The van der Waals surface area contributed by atoms with Gasteiger partial charge < -0.3 is 16.0 Å². The van der Waals surface area contributed by atoms with E-state index in [0.717, 1.165) is 18.8 Å². The SMILES string of the molecule is CC(C)NC(=O)c1ccc(NC2CCCNC2)cc1. The zero-order valence-corrected chi connectivity index (χ0v) is 11.7. The maximum absolute atomic E-state index is 11.8. The van der Waals surface area contributed by atoms with Crippen molar-refractivity contribution in [3.8, 4) is 0 Å². The Morgan fingerprint density at radius 3 is 2.63 bits per heavy atom. The summed E-state index contributed by atoms with van der Waals surface area (Å²) in [5, 5.41) is 9.76. The van der Waals surface area contributed by atoms with E-state index in [0.29, 0.717) is 11.6 Å². The van der Waals surface area contributed by atoms with E-state index < -0.39 is 0 Å². The third kappa shape index (κ3) is 4.24. The van der Waals surface area contributed by atoms with E-state index in [1.807, 2.05) is 38.1 Å². The third-order valence-corrected chi connectivity index (χ3v) is 3.23. The number of nitrogens with one attached hydrogen (secondary N) is 3. The van der Waals surface area contributed by atoms with Crippen LogP contribution >= 0.6 is 0 Å². The molecule has 0 aliphatic carbocycles. The van der Waals surface area contributed by atoms with Crippen molar-refractivity contribution in [2.24, 2.45) is 0 Å². The van der Waals surface area contributed by atoms with Crippen LogP contribution in [0.15, 0.2) is 24.3 Å². The molecular formula is C15H23N3O. The van der Waals surface area contributed by atoms with E-state index in [4.69, 9.17) is 0 Å². The Morgan fingerprint density at radius 2 is 2.05 bits per heavy atom. The number of carbonyl (C=O) groups excluding carboxylic acids is 1. The Labute approximate surface area is 115 Å². The summed E-state index contributed by atoms with van der Waals surface area (Å²) in [6.45, 7) is 6.05. The van der Waals surface area contributed by atoms with Crippen LogP contribution in [0.3, 0.4) is 0 Å². The van der Waals surface area contributed by atoms with Crippen LogP contribution in [0, 0.1) is 0 Å². The number of amides is 1. The van der Waals surface area contributed by atoms with Crippen LogP contribution in [0.5, 0.6) is 0 Å². The van der Waals surface area contributed by atoms with Gasteiger partial charge in [0, 0.05) is 29.9 Å². The van der Waals surface area contributed by atoms with Crippen molar-refractivity contribution in [2.45, 2.75) is 38.8 Å². The highest BCUT2D eigenvalue weighted by molar-refractivity contribution is 5.94. The molecule has 1 unspecified atom stereocenters. The van der Waals surface area contributed by atoms with Crippen LogP contribution in [0.2, 0.25) is 0 Å². The summed E-state index contributed by atoms with van der Waals surface area (Å²) in [5.74, 6) is -0.0131. The highest BCUT2D eigenvalue weighted by Crippen LogP contribution is 2.14. The van der Waals surface area contributed by atoms with Crippen LogP contribution in [0.4, 0.5) is 5.69 Å². The first-order valence-electron chi connectivity index (χ1n) is 7.03. The minimum atomic E-state index is -0.0131. The molecule has 4 heteroatoms. The molecular weight excluding hydrogens is 238 g/mol. The second-order valence-corrected chi connectivity index (χ2v) is 5.39. The van der Waals surface area contributed by atoms with Crippen molar-refractivity contribution in [1.29, 1.82) is 0 Å². The first-order valence-corrected chi connectivity index (χ1v) is 7.03. The highest BCUT2D eigenvalue weighted by Gasteiger charge is 2.12. The van der Waals surface area contributed by atoms with Gasteiger partial charge in [-0.2, -0.15) is 0 Å². The molecule has 2 rings (SSSR count). The Bertz CT molecular complexity index is 408. The summed E-state index contributed by atoms with van der Waals surface area (Å²) in [4.78, 5) is 11.8. The van der Waals surface area contributed by atoms with Crippen molar-refractivity contribution in [3.05, 3.63) is 29.8 Å². The average Bonchev–Trinajstić information content (AvgIpc) is 2.40. The van der Waals surface area contributed by atoms with Gasteiger partial charge in [0.1, 0.15) is 0 Å². The van der Waals surface area contributed by atoms with Gasteiger partial charge in [0.15, 0.2) is 0 Å². The maximum Gasteiger partial charge on any atom is 0.251 e. The van der Waals surface area contributed by atoms with E-state index in [1.54, 1.807) is 0 Å². The Balaban J connectivity index is 1.92. The summed E-state index contributed by atoms with van der Waals surface area (Å²) < 4.78 is 0. The highest BCUT2D eigenvalue weighted by atomic mass is 16.1. The van der Waals surface area contributed by atoms with Gasteiger partial charge in [0.25, 0.3) is 5.91 Å². The summed E-state index contributed by atoms with van der Waals surface area (Å²) in [6, 6.07) is 8.35. The van der Waals surface area contributed by atoms with Gasteiger partial charge in [-0.3, -0.25) is 4.79 Å². The van der Waals surface area contributed by atoms with E-state index >= 15 is 0 Å². The molecule has 1 aliphatic rings. The topological polar surface area (TPSA) is 53.2 Å². The van der Waals surface area contributed by atoms with Crippen molar-refractivity contribution >= 4 is 11.6 Å². The molecule has 0 radical (unpaired) electrons. The second kappa shape index (κ2) is 6.57. The summed E-state index contributed by atoms with van der Waals surface area (Å²) >= 11 is 0. The van der Waals surface area contributed by atoms with Crippen LogP contribution in [-0.2, 0) is 0 Å². The molecule has 0 aromatic heterocycles. The fraction of sp³-hybridized carbons (Fsp3) is 0.533. The standard InChI is InChI=1S/C15H23N3O/c1-11(2)17-15(19)12-5-7-13(8-6-12)18-14-4-3-9-16-10-14/h5-8,11,14,16,18H,3-4,9-10H2,1-2H3,(H,17,19). The summed E-state index contributed by atoms with van der Waals surface area (Å²) in [6.07, 6.45) is 2.41. The summed E-state index contributed by atoms with van der Waals surface area (Å²) in [7, 11) is 0. The minimum absolute atomic E-state index is 0.0131. The normalized spacial score (nSPS) is 19.2. The number of piperidine rings is 1. The fourth-order valence-corrected chi connectivity index (χ4v) is 2.27. The van der Waals surface area contributed by atoms with Crippen molar-refractivity contribution in [3.63, 3.8) is 0 Å². The van der Waals surface area contributed by atoms with E-state index in [-0.39, 0.29) is 11.9 Å². The monoisotopic (exact) mass is 261 g/mol. The van der Waals surface area contributed by atoms with Gasteiger partial charge in [-0.1, -0.05) is 0 Å². The average molecular weight is 261 g/mol. The van der Waals surface area contributed by atoms with E-state index in [9.17, 15) is 4.79 Å². The van der Waals surface area contributed by atoms with Gasteiger partial charge in [-0.15, -0.1) is 0 Å². The van der Waals surface area contributed by atoms with E-state index in [2.05, 4.69) is 16.0 Å². The predicted molar refractivity (Wildman–Crippen MR) is 78.6 cm³/mol. The molecule has 1 saturated heterocycles. The molecule has 1 aromatic carbocycles. The fourth-order valence-electron chi connectivity index (χ4n) is 2.27. The molecule has 19 heavy (non-hydrogen) atoms. The number of benzene rings is 1. The van der Waals surface area contributed by atoms with Crippen LogP contribution in [0.1, 0.15) is 37.0 Å². The molecule has 1 aromatic rings. The molecule has 1 heterocycles. The Kier molecular flexibility index (Phi) is 4.80. The Morgan fingerprint density at radius 1 is 1.32 bits per heavy atom. The number of rotatable bonds is 4. The third-order valence-electron chi connectivity index (χ3n) is 3.23. The molecule has 1 atom stereocenters. The number of hydrogen-bond donors (Lipinski definition) is 3. The molecule has 0 spiro atoms. The van der Waals surface area contributed by atoms with Crippen LogP contribution in [0.25, 0.3) is 0 Å². The second-order valence-electron chi connectivity index (χ2n) is 5.39. The van der Waals surface area contributed by atoms with Gasteiger partial charge in [0.2, 0.25) is 0 Å². The first-order chi connectivity index (χ1) is 9.15. The van der Waals surface area contributed by atoms with Gasteiger partial charge >= 0.3 is 0 Å². The molecule has 1 amide bonds. The molecule has 1 aliphatic heterocycles. The number of anilines is 1.